The Morgan fingerprint density at radius 3 is 2.52 bits per heavy atom. The summed E-state index contributed by atoms with van der Waals surface area (Å²) < 4.78 is 4.96. The SMILES string of the molecule is Clc1ccc(-c2nnsc2Sc2ccccc2Cl)c(Cl)c1. The van der Waals surface area contributed by atoms with Gasteiger partial charge >= 0.3 is 0 Å². The second-order valence-electron chi connectivity index (χ2n) is 4.07. The highest BCUT2D eigenvalue weighted by atomic mass is 35.5. The molecule has 2 aromatic carbocycles. The summed E-state index contributed by atoms with van der Waals surface area (Å²) in [5.74, 6) is 0. The van der Waals surface area contributed by atoms with E-state index < -0.39 is 0 Å². The lowest BCUT2D eigenvalue weighted by atomic mass is 10.2. The molecule has 106 valence electrons. The van der Waals surface area contributed by atoms with Crippen molar-refractivity contribution in [2.24, 2.45) is 0 Å². The van der Waals surface area contributed by atoms with Gasteiger partial charge in [0.15, 0.2) is 0 Å². The van der Waals surface area contributed by atoms with E-state index in [1.165, 1.54) is 23.3 Å². The van der Waals surface area contributed by atoms with E-state index in [0.29, 0.717) is 15.1 Å². The quantitative estimate of drug-likeness (QED) is 0.537. The van der Waals surface area contributed by atoms with Gasteiger partial charge in [0.2, 0.25) is 0 Å². The second-order valence-corrected chi connectivity index (χ2v) is 7.38. The molecule has 0 aliphatic heterocycles. The van der Waals surface area contributed by atoms with E-state index >= 15 is 0 Å². The summed E-state index contributed by atoms with van der Waals surface area (Å²) in [7, 11) is 0. The molecule has 2 nitrogen and oxygen atoms in total. The van der Waals surface area contributed by atoms with Crippen molar-refractivity contribution < 1.29 is 0 Å². The first kappa shape index (κ1) is 15.1. The fraction of sp³-hybridized carbons (Fsp3) is 0. The average Bonchev–Trinajstić information content (AvgIpc) is 2.89. The summed E-state index contributed by atoms with van der Waals surface area (Å²) in [6.07, 6.45) is 0. The van der Waals surface area contributed by atoms with Crippen LogP contribution < -0.4 is 0 Å². The lowest BCUT2D eigenvalue weighted by Gasteiger charge is -2.05. The second kappa shape index (κ2) is 6.55. The summed E-state index contributed by atoms with van der Waals surface area (Å²) in [6.45, 7) is 0. The molecule has 0 aliphatic carbocycles. The Kier molecular flexibility index (Phi) is 4.72. The first-order chi connectivity index (χ1) is 10.1. The van der Waals surface area contributed by atoms with Crippen LogP contribution in [0.5, 0.6) is 0 Å². The summed E-state index contributed by atoms with van der Waals surface area (Å²) in [4.78, 5) is 0.955. The van der Waals surface area contributed by atoms with E-state index in [4.69, 9.17) is 34.8 Å². The highest BCUT2D eigenvalue weighted by molar-refractivity contribution is 8.01. The Labute approximate surface area is 145 Å². The van der Waals surface area contributed by atoms with Gasteiger partial charge in [-0.2, -0.15) is 0 Å². The molecule has 0 aliphatic rings. The fourth-order valence-electron chi connectivity index (χ4n) is 1.72. The van der Waals surface area contributed by atoms with Crippen LogP contribution in [0.4, 0.5) is 0 Å². The van der Waals surface area contributed by atoms with E-state index in [1.807, 2.05) is 30.3 Å². The van der Waals surface area contributed by atoms with Gasteiger partial charge in [-0.3, -0.25) is 0 Å². The first-order valence-electron chi connectivity index (χ1n) is 5.85. The topological polar surface area (TPSA) is 25.8 Å². The fourth-order valence-corrected chi connectivity index (χ4v) is 4.18. The molecule has 0 spiro atoms. The van der Waals surface area contributed by atoms with Gasteiger partial charge in [-0.15, -0.1) is 5.10 Å². The van der Waals surface area contributed by atoms with Gasteiger partial charge in [0.1, 0.15) is 9.90 Å². The van der Waals surface area contributed by atoms with Gasteiger partial charge in [-0.05, 0) is 41.9 Å². The van der Waals surface area contributed by atoms with Crippen molar-refractivity contribution in [2.75, 3.05) is 0 Å². The molecule has 0 saturated carbocycles. The monoisotopic (exact) mass is 372 g/mol. The maximum Gasteiger partial charge on any atom is 0.121 e. The van der Waals surface area contributed by atoms with E-state index in [-0.39, 0.29) is 0 Å². The van der Waals surface area contributed by atoms with Crippen molar-refractivity contribution in [2.45, 2.75) is 9.10 Å². The lowest BCUT2D eigenvalue weighted by Crippen LogP contribution is -1.83. The van der Waals surface area contributed by atoms with E-state index in [2.05, 4.69) is 9.59 Å². The van der Waals surface area contributed by atoms with E-state index in [0.717, 1.165) is 20.4 Å². The van der Waals surface area contributed by atoms with Crippen LogP contribution in [0.25, 0.3) is 11.3 Å². The number of aromatic nitrogens is 2. The predicted molar refractivity (Wildman–Crippen MR) is 90.9 cm³/mol. The minimum absolute atomic E-state index is 0.552. The third-order valence-electron chi connectivity index (χ3n) is 2.68. The zero-order valence-corrected chi connectivity index (χ0v) is 14.3. The Balaban J connectivity index is 2.00. The van der Waals surface area contributed by atoms with Crippen LogP contribution in [-0.2, 0) is 0 Å². The normalized spacial score (nSPS) is 10.8. The van der Waals surface area contributed by atoms with Crippen molar-refractivity contribution in [3.05, 3.63) is 57.5 Å². The number of rotatable bonds is 3. The molecule has 7 heteroatoms. The molecule has 1 aromatic heterocycles. The molecule has 0 unspecified atom stereocenters. The van der Waals surface area contributed by atoms with Crippen molar-refractivity contribution in [3.8, 4) is 11.3 Å². The number of halogens is 3. The molecular formula is C14H7Cl3N2S2. The standard InChI is InChI=1S/C14H7Cl3N2S2/c15-8-5-6-9(11(17)7-8)13-14(21-19-18-13)20-12-4-2-1-3-10(12)16/h1-7H. The molecule has 3 aromatic rings. The minimum Gasteiger partial charge on any atom is -0.137 e. The Morgan fingerprint density at radius 1 is 0.952 bits per heavy atom. The minimum atomic E-state index is 0.552. The van der Waals surface area contributed by atoms with Crippen molar-refractivity contribution >= 4 is 58.1 Å². The molecule has 0 amide bonds. The van der Waals surface area contributed by atoms with Crippen molar-refractivity contribution in [1.82, 2.24) is 9.59 Å². The van der Waals surface area contributed by atoms with Gasteiger partial charge in [-0.25, -0.2) is 0 Å². The molecular weight excluding hydrogens is 367 g/mol. The van der Waals surface area contributed by atoms with E-state index in [1.54, 1.807) is 12.1 Å². The van der Waals surface area contributed by atoms with Crippen LogP contribution in [0.15, 0.2) is 51.6 Å². The Morgan fingerprint density at radius 2 is 1.76 bits per heavy atom. The summed E-state index contributed by atoms with van der Waals surface area (Å²) in [6, 6.07) is 13.0. The maximum absolute atomic E-state index is 6.24. The van der Waals surface area contributed by atoms with Crippen LogP contribution >= 0.6 is 58.1 Å². The van der Waals surface area contributed by atoms with Crippen LogP contribution in [0.3, 0.4) is 0 Å². The highest BCUT2D eigenvalue weighted by Gasteiger charge is 2.16. The van der Waals surface area contributed by atoms with E-state index in [9.17, 15) is 0 Å². The van der Waals surface area contributed by atoms with Crippen molar-refractivity contribution in [1.29, 1.82) is 0 Å². The smallest absolute Gasteiger partial charge is 0.121 e. The molecule has 0 radical (unpaired) electrons. The Hall–Kier alpha value is -0.780. The van der Waals surface area contributed by atoms with Crippen LogP contribution in [0, 0.1) is 0 Å². The molecule has 0 saturated heterocycles. The molecule has 3 rings (SSSR count). The number of nitrogens with zero attached hydrogens (tertiary/aromatic N) is 2. The first-order valence-corrected chi connectivity index (χ1v) is 8.57. The van der Waals surface area contributed by atoms with Crippen molar-refractivity contribution in [3.63, 3.8) is 0 Å². The average molecular weight is 374 g/mol. The zero-order chi connectivity index (χ0) is 14.8. The van der Waals surface area contributed by atoms with Gasteiger partial charge in [0.05, 0.1) is 10.0 Å². The lowest BCUT2D eigenvalue weighted by molar-refractivity contribution is 1.15. The molecule has 0 bridgehead atoms. The summed E-state index contributed by atoms with van der Waals surface area (Å²) >= 11 is 21.2. The summed E-state index contributed by atoms with van der Waals surface area (Å²) in [5.41, 5.74) is 1.55. The molecule has 1 heterocycles. The number of hydrogen-bond donors (Lipinski definition) is 0. The highest BCUT2D eigenvalue weighted by Crippen LogP contribution is 2.41. The zero-order valence-electron chi connectivity index (χ0n) is 10.4. The largest absolute Gasteiger partial charge is 0.137 e. The van der Waals surface area contributed by atoms with Gasteiger partial charge in [0.25, 0.3) is 0 Å². The maximum atomic E-state index is 6.24. The molecule has 0 fully saturated rings. The van der Waals surface area contributed by atoms with Gasteiger partial charge in [0, 0.05) is 15.5 Å². The third kappa shape index (κ3) is 3.35. The molecule has 21 heavy (non-hydrogen) atoms. The van der Waals surface area contributed by atoms with Crippen LogP contribution in [0.2, 0.25) is 15.1 Å². The third-order valence-corrected chi connectivity index (χ3v) is 5.62. The summed E-state index contributed by atoms with van der Waals surface area (Å²) in [5, 5.41) is 6.02. The van der Waals surface area contributed by atoms with Gasteiger partial charge in [-0.1, -0.05) is 63.2 Å². The molecule has 0 atom stereocenters. The van der Waals surface area contributed by atoms with Crippen LogP contribution in [-0.4, -0.2) is 9.59 Å². The van der Waals surface area contributed by atoms with Crippen LogP contribution in [0.1, 0.15) is 0 Å². The number of hydrogen-bond acceptors (Lipinski definition) is 4. The Bertz CT molecular complexity index is 789. The van der Waals surface area contributed by atoms with Gasteiger partial charge < -0.3 is 0 Å². The predicted octanol–water partition coefficient (Wildman–Crippen LogP) is 6.32. The number of benzene rings is 2. The molecule has 0 N–H and O–H groups in total.